The van der Waals surface area contributed by atoms with Gasteiger partial charge in [0, 0.05) is 38.9 Å². The minimum atomic E-state index is -3.34. The van der Waals surface area contributed by atoms with E-state index in [-0.39, 0.29) is 5.91 Å². The smallest absolute Gasteiger partial charge is 0.281 e. The van der Waals surface area contributed by atoms with Crippen LogP contribution in [-0.4, -0.2) is 55.1 Å². The fraction of sp³-hybridized carbons (Fsp3) is 0.429. The lowest BCUT2D eigenvalue weighted by Gasteiger charge is -2.32. The second-order valence-electron chi connectivity index (χ2n) is 7.68. The molecule has 1 aliphatic rings. The number of hydrogen-bond donors (Lipinski definition) is 1. The van der Waals surface area contributed by atoms with Gasteiger partial charge in [0.2, 0.25) is 0 Å². The summed E-state index contributed by atoms with van der Waals surface area (Å²) < 4.78 is 40.2. The van der Waals surface area contributed by atoms with Gasteiger partial charge >= 0.3 is 0 Å². The minimum Gasteiger partial charge on any atom is -0.307 e. The summed E-state index contributed by atoms with van der Waals surface area (Å²) in [5, 5.41) is 2.74. The molecule has 1 N–H and O–H groups in total. The van der Waals surface area contributed by atoms with Gasteiger partial charge in [-0.3, -0.25) is 4.79 Å². The number of amides is 1. The van der Waals surface area contributed by atoms with E-state index in [1.807, 2.05) is 12.1 Å². The molecular weight excluding hydrogens is 407 g/mol. The Morgan fingerprint density at radius 1 is 1.20 bits per heavy atom. The predicted octanol–water partition coefficient (Wildman–Crippen LogP) is 2.92. The number of hydrogen-bond acceptors (Lipinski definition) is 4. The maximum atomic E-state index is 13.0. The summed E-state index contributed by atoms with van der Waals surface area (Å²) in [5.74, 6) is 0.184. The topological polar surface area (TPSA) is 82.6 Å². The molecule has 1 fully saturated rings. The Labute approximate surface area is 177 Å². The number of nitrogens with one attached hydrogen (secondary N) is 1. The van der Waals surface area contributed by atoms with Crippen LogP contribution in [0.4, 0.5) is 10.2 Å². The number of pyridine rings is 1. The summed E-state index contributed by atoms with van der Waals surface area (Å²) in [6, 6.07) is 9.10. The van der Waals surface area contributed by atoms with Gasteiger partial charge in [-0.15, -0.1) is 0 Å². The number of anilines is 1. The standard InChI is InChI=1S/C21H27FN4O3S/c1-25(2)30(28,29)26-13-10-16(11-14-26)3-4-17-9-12-23-20(15-17)24-21(27)18-5-7-19(22)8-6-18/h5-9,12,15-16H,3-4,10-11,13-14H2,1-2H3,(H,23,24,27). The lowest BCUT2D eigenvalue weighted by Crippen LogP contribution is -2.44. The van der Waals surface area contributed by atoms with Crippen molar-refractivity contribution >= 4 is 21.9 Å². The van der Waals surface area contributed by atoms with Gasteiger partial charge in [-0.2, -0.15) is 17.0 Å². The van der Waals surface area contributed by atoms with E-state index < -0.39 is 16.0 Å². The van der Waals surface area contributed by atoms with Crippen molar-refractivity contribution in [1.29, 1.82) is 0 Å². The summed E-state index contributed by atoms with van der Waals surface area (Å²) >= 11 is 0. The lowest BCUT2D eigenvalue weighted by molar-refractivity contribution is 0.102. The van der Waals surface area contributed by atoms with Gasteiger partial charge in [0.15, 0.2) is 0 Å². The Morgan fingerprint density at radius 3 is 2.50 bits per heavy atom. The van der Waals surface area contributed by atoms with Crippen molar-refractivity contribution in [2.45, 2.75) is 25.7 Å². The molecule has 1 aromatic carbocycles. The maximum Gasteiger partial charge on any atom is 0.281 e. The van der Waals surface area contributed by atoms with E-state index in [1.165, 1.54) is 28.6 Å². The molecule has 0 spiro atoms. The molecule has 162 valence electrons. The van der Waals surface area contributed by atoms with E-state index in [4.69, 9.17) is 0 Å². The molecule has 0 unspecified atom stereocenters. The van der Waals surface area contributed by atoms with Crippen LogP contribution < -0.4 is 5.32 Å². The van der Waals surface area contributed by atoms with Gasteiger partial charge in [-0.25, -0.2) is 9.37 Å². The molecule has 0 atom stereocenters. The number of nitrogens with zero attached hydrogens (tertiary/aromatic N) is 3. The number of halogens is 1. The molecule has 2 heterocycles. The van der Waals surface area contributed by atoms with E-state index in [2.05, 4.69) is 10.3 Å². The number of aromatic nitrogens is 1. The Bertz CT molecular complexity index is 972. The van der Waals surface area contributed by atoms with Gasteiger partial charge in [0.1, 0.15) is 11.6 Å². The average molecular weight is 435 g/mol. The Balaban J connectivity index is 1.51. The van der Waals surface area contributed by atoms with Crippen LogP contribution >= 0.6 is 0 Å². The molecule has 0 saturated carbocycles. The third-order valence-corrected chi connectivity index (χ3v) is 7.32. The van der Waals surface area contributed by atoms with Gasteiger partial charge in [-0.05, 0) is 73.6 Å². The molecule has 0 aliphatic carbocycles. The van der Waals surface area contributed by atoms with E-state index in [9.17, 15) is 17.6 Å². The van der Waals surface area contributed by atoms with Crippen LogP contribution in [0, 0.1) is 11.7 Å². The van der Waals surface area contributed by atoms with E-state index >= 15 is 0 Å². The van der Waals surface area contributed by atoms with Crippen molar-refractivity contribution in [1.82, 2.24) is 13.6 Å². The zero-order valence-electron chi connectivity index (χ0n) is 17.2. The number of piperidine rings is 1. The number of rotatable bonds is 7. The van der Waals surface area contributed by atoms with Crippen molar-refractivity contribution in [3.8, 4) is 0 Å². The number of carbonyl (C=O) groups excluding carboxylic acids is 1. The number of benzene rings is 1. The summed E-state index contributed by atoms with van der Waals surface area (Å²) in [5.41, 5.74) is 1.42. The van der Waals surface area contributed by atoms with E-state index in [0.29, 0.717) is 30.4 Å². The first kappa shape index (κ1) is 22.3. The largest absolute Gasteiger partial charge is 0.307 e. The first-order valence-electron chi connectivity index (χ1n) is 9.95. The molecule has 0 radical (unpaired) electrons. The third kappa shape index (κ3) is 5.62. The highest BCUT2D eigenvalue weighted by Crippen LogP contribution is 2.25. The SMILES string of the molecule is CN(C)S(=O)(=O)N1CCC(CCc2ccnc(NC(=O)c3ccc(F)cc3)c2)CC1. The fourth-order valence-corrected chi connectivity index (χ4v) is 4.65. The highest BCUT2D eigenvalue weighted by Gasteiger charge is 2.29. The molecule has 1 saturated heterocycles. The monoisotopic (exact) mass is 434 g/mol. The van der Waals surface area contributed by atoms with Crippen molar-refractivity contribution in [2.24, 2.45) is 5.92 Å². The molecule has 1 amide bonds. The van der Waals surface area contributed by atoms with Gasteiger partial charge in [0.05, 0.1) is 0 Å². The minimum absolute atomic E-state index is 0.339. The van der Waals surface area contributed by atoms with E-state index in [1.54, 1.807) is 24.6 Å². The van der Waals surface area contributed by atoms with Crippen LogP contribution in [0.2, 0.25) is 0 Å². The van der Waals surface area contributed by atoms with Crippen LogP contribution in [-0.2, 0) is 16.6 Å². The third-order valence-electron chi connectivity index (χ3n) is 5.37. The van der Waals surface area contributed by atoms with Crippen molar-refractivity contribution < 1.29 is 17.6 Å². The summed E-state index contributed by atoms with van der Waals surface area (Å²) in [6.07, 6.45) is 5.11. The van der Waals surface area contributed by atoms with Crippen LogP contribution in [0.25, 0.3) is 0 Å². The van der Waals surface area contributed by atoms with Crippen LogP contribution in [0.1, 0.15) is 35.2 Å². The number of aryl methyl sites for hydroxylation is 1. The van der Waals surface area contributed by atoms with Gasteiger partial charge < -0.3 is 5.32 Å². The van der Waals surface area contributed by atoms with Crippen LogP contribution in [0.3, 0.4) is 0 Å². The maximum absolute atomic E-state index is 13.0. The first-order valence-corrected chi connectivity index (χ1v) is 11.3. The second-order valence-corrected chi connectivity index (χ2v) is 9.82. The second kappa shape index (κ2) is 9.63. The zero-order chi connectivity index (χ0) is 21.7. The first-order chi connectivity index (χ1) is 14.3. The summed E-state index contributed by atoms with van der Waals surface area (Å²) in [4.78, 5) is 16.5. The Kier molecular flexibility index (Phi) is 7.17. The molecule has 1 aromatic heterocycles. The van der Waals surface area contributed by atoms with Gasteiger partial charge in [0.25, 0.3) is 16.1 Å². The highest BCUT2D eigenvalue weighted by atomic mass is 32.2. The Morgan fingerprint density at radius 2 is 1.87 bits per heavy atom. The number of carbonyl (C=O) groups is 1. The van der Waals surface area contributed by atoms with Crippen molar-refractivity contribution in [3.63, 3.8) is 0 Å². The highest BCUT2D eigenvalue weighted by molar-refractivity contribution is 7.86. The molecular formula is C21H27FN4O3S. The van der Waals surface area contributed by atoms with Crippen LogP contribution in [0.5, 0.6) is 0 Å². The molecule has 0 bridgehead atoms. The molecule has 30 heavy (non-hydrogen) atoms. The molecule has 1 aliphatic heterocycles. The quantitative estimate of drug-likeness (QED) is 0.726. The average Bonchev–Trinajstić information content (AvgIpc) is 2.73. The van der Waals surface area contributed by atoms with Crippen molar-refractivity contribution in [2.75, 3.05) is 32.5 Å². The molecule has 3 rings (SSSR count). The van der Waals surface area contributed by atoms with Crippen LogP contribution in [0.15, 0.2) is 42.6 Å². The fourth-order valence-electron chi connectivity index (χ4n) is 3.52. The predicted molar refractivity (Wildman–Crippen MR) is 114 cm³/mol. The molecule has 2 aromatic rings. The lowest BCUT2D eigenvalue weighted by atomic mass is 9.91. The Hall–Kier alpha value is -2.36. The van der Waals surface area contributed by atoms with Crippen molar-refractivity contribution in [3.05, 3.63) is 59.5 Å². The molecule has 9 heteroatoms. The van der Waals surface area contributed by atoms with E-state index in [0.717, 1.165) is 31.2 Å². The zero-order valence-corrected chi connectivity index (χ0v) is 18.0. The molecule has 7 nitrogen and oxygen atoms in total. The summed E-state index contributed by atoms with van der Waals surface area (Å²) in [6.45, 7) is 1.08. The van der Waals surface area contributed by atoms with Gasteiger partial charge in [-0.1, -0.05) is 0 Å². The summed E-state index contributed by atoms with van der Waals surface area (Å²) in [7, 11) is -0.230. The normalized spacial score (nSPS) is 16.0.